The van der Waals surface area contributed by atoms with Crippen LogP contribution in [-0.4, -0.2) is 28.4 Å². The fourth-order valence-electron chi connectivity index (χ4n) is 1.36. The summed E-state index contributed by atoms with van der Waals surface area (Å²) in [6.07, 6.45) is 1.97. The van der Waals surface area contributed by atoms with Crippen LogP contribution >= 0.6 is 11.6 Å². The van der Waals surface area contributed by atoms with Crippen LogP contribution in [0.3, 0.4) is 0 Å². The average molecular weight is 331 g/mol. The zero-order valence-corrected chi connectivity index (χ0v) is 11.7. The predicted molar refractivity (Wildman–Crippen MR) is 72.6 cm³/mol. The van der Waals surface area contributed by atoms with Gasteiger partial charge in [-0.15, -0.1) is 0 Å². The molecule has 9 nitrogen and oxygen atoms in total. The lowest BCUT2D eigenvalue weighted by Crippen LogP contribution is -2.13. The lowest BCUT2D eigenvalue weighted by molar-refractivity contribution is -0.384. The molecular weight excluding hydrogens is 324 g/mol. The highest BCUT2D eigenvalue weighted by Gasteiger charge is 2.18. The minimum atomic E-state index is -4.05. The second kappa shape index (κ2) is 5.50. The summed E-state index contributed by atoms with van der Waals surface area (Å²) in [6, 6.07) is 2.95. The molecule has 0 aliphatic carbocycles. The third-order valence-corrected chi connectivity index (χ3v) is 3.86. The number of benzene rings is 1. The largest absolute Gasteiger partial charge is 0.505 e. The van der Waals surface area contributed by atoms with Gasteiger partial charge in [-0.3, -0.25) is 14.8 Å². The Bertz CT molecular complexity index is 794. The molecule has 1 aromatic carbocycles. The Balaban J connectivity index is 2.32. The van der Waals surface area contributed by atoms with Gasteiger partial charge in [0.05, 0.1) is 29.1 Å². The number of non-ortho nitro benzene ring substituents is 1. The summed E-state index contributed by atoms with van der Waals surface area (Å²) in [6.45, 7) is 0. The molecule has 2 N–H and O–H groups in total. The maximum Gasteiger partial charge on any atom is 0.273 e. The second-order valence-electron chi connectivity index (χ2n) is 3.75. The van der Waals surface area contributed by atoms with E-state index in [2.05, 4.69) is 14.7 Å². The van der Waals surface area contributed by atoms with Crippen molar-refractivity contribution >= 4 is 33.0 Å². The monoisotopic (exact) mass is 330 g/mol. The van der Waals surface area contributed by atoms with Crippen LogP contribution in [0.25, 0.3) is 0 Å². The standard InChI is InChI=1S/C10H7ClN4O5S/c11-10-12-4-7(5-13-10)21(19,20)14-8-2-1-6(15(17)18)3-9(8)16/h1-5,14,16H. The second-order valence-corrected chi connectivity index (χ2v) is 5.77. The predicted octanol–water partition coefficient (Wildman–Crippen LogP) is 1.54. The van der Waals surface area contributed by atoms with E-state index < -0.39 is 20.7 Å². The van der Waals surface area contributed by atoms with Crippen molar-refractivity contribution in [2.75, 3.05) is 4.72 Å². The number of phenolic OH excluding ortho intramolecular Hbond substituents is 1. The Kier molecular flexibility index (Phi) is 3.91. The van der Waals surface area contributed by atoms with Gasteiger partial charge in [0.25, 0.3) is 15.7 Å². The van der Waals surface area contributed by atoms with Crippen LogP contribution in [0.2, 0.25) is 5.28 Å². The molecule has 1 aromatic heterocycles. The van der Waals surface area contributed by atoms with Crippen LogP contribution in [0.15, 0.2) is 35.5 Å². The van der Waals surface area contributed by atoms with Gasteiger partial charge in [-0.1, -0.05) is 0 Å². The molecule has 0 aliphatic heterocycles. The molecule has 21 heavy (non-hydrogen) atoms. The maximum absolute atomic E-state index is 12.0. The fraction of sp³-hybridized carbons (Fsp3) is 0. The van der Waals surface area contributed by atoms with Crippen molar-refractivity contribution in [3.63, 3.8) is 0 Å². The van der Waals surface area contributed by atoms with Gasteiger partial charge in [-0.05, 0) is 17.7 Å². The highest BCUT2D eigenvalue weighted by Crippen LogP contribution is 2.29. The van der Waals surface area contributed by atoms with Gasteiger partial charge in [0.1, 0.15) is 10.6 Å². The summed E-state index contributed by atoms with van der Waals surface area (Å²) in [7, 11) is -4.05. The number of hydrogen-bond acceptors (Lipinski definition) is 7. The highest BCUT2D eigenvalue weighted by atomic mass is 35.5. The molecule has 0 amide bonds. The Morgan fingerprint density at radius 3 is 2.43 bits per heavy atom. The van der Waals surface area contributed by atoms with E-state index >= 15 is 0 Å². The molecule has 2 aromatic rings. The van der Waals surface area contributed by atoms with E-state index in [0.717, 1.165) is 30.6 Å². The third kappa shape index (κ3) is 3.35. The van der Waals surface area contributed by atoms with E-state index in [1.165, 1.54) is 0 Å². The molecule has 0 spiro atoms. The number of nitrogens with one attached hydrogen (secondary N) is 1. The van der Waals surface area contributed by atoms with Crippen LogP contribution < -0.4 is 4.72 Å². The molecular formula is C10H7ClN4O5S. The zero-order valence-electron chi connectivity index (χ0n) is 10.1. The minimum Gasteiger partial charge on any atom is -0.505 e. The summed E-state index contributed by atoms with van der Waals surface area (Å²) in [5.41, 5.74) is -0.583. The highest BCUT2D eigenvalue weighted by molar-refractivity contribution is 7.92. The number of phenols is 1. The molecule has 0 atom stereocenters. The first kappa shape index (κ1) is 14.9. The number of aromatic nitrogens is 2. The lowest BCUT2D eigenvalue weighted by Gasteiger charge is -2.08. The van der Waals surface area contributed by atoms with E-state index in [1.807, 2.05) is 0 Å². The number of hydrogen-bond donors (Lipinski definition) is 2. The number of sulfonamides is 1. The van der Waals surface area contributed by atoms with E-state index in [1.54, 1.807) is 0 Å². The van der Waals surface area contributed by atoms with Gasteiger partial charge >= 0.3 is 0 Å². The van der Waals surface area contributed by atoms with Crippen molar-refractivity contribution in [2.24, 2.45) is 0 Å². The van der Waals surface area contributed by atoms with Crippen LogP contribution in [0, 0.1) is 10.1 Å². The molecule has 0 radical (unpaired) electrons. The Labute approximate surface area is 123 Å². The SMILES string of the molecule is O=[N+]([O-])c1ccc(NS(=O)(=O)c2cnc(Cl)nc2)c(O)c1. The van der Waals surface area contributed by atoms with Crippen LogP contribution in [0.5, 0.6) is 5.75 Å². The number of nitrogens with zero attached hydrogens (tertiary/aromatic N) is 3. The molecule has 110 valence electrons. The Morgan fingerprint density at radius 2 is 1.90 bits per heavy atom. The van der Waals surface area contributed by atoms with E-state index in [0.29, 0.717) is 0 Å². The summed E-state index contributed by atoms with van der Waals surface area (Å²) in [5, 5.41) is 20.0. The Hall–Kier alpha value is -2.46. The van der Waals surface area contributed by atoms with Crippen LogP contribution in [-0.2, 0) is 10.0 Å². The van der Waals surface area contributed by atoms with Gasteiger partial charge < -0.3 is 5.11 Å². The first-order valence-corrected chi connectivity index (χ1v) is 7.13. The molecule has 0 saturated heterocycles. The average Bonchev–Trinajstić information content (AvgIpc) is 2.41. The molecule has 0 unspecified atom stereocenters. The number of halogens is 1. The van der Waals surface area contributed by atoms with E-state index in [9.17, 15) is 23.6 Å². The van der Waals surface area contributed by atoms with Crippen molar-refractivity contribution in [3.05, 3.63) is 46.0 Å². The van der Waals surface area contributed by atoms with Gasteiger partial charge in [0, 0.05) is 6.07 Å². The van der Waals surface area contributed by atoms with Crippen molar-refractivity contribution in [1.29, 1.82) is 0 Å². The van der Waals surface area contributed by atoms with Gasteiger partial charge in [0.2, 0.25) is 5.28 Å². The maximum atomic E-state index is 12.0. The topological polar surface area (TPSA) is 135 Å². The van der Waals surface area contributed by atoms with E-state index in [-0.39, 0.29) is 21.6 Å². The summed E-state index contributed by atoms with van der Waals surface area (Å²) in [4.78, 5) is 16.6. The molecule has 2 rings (SSSR count). The van der Waals surface area contributed by atoms with Gasteiger partial charge in [-0.25, -0.2) is 18.4 Å². The van der Waals surface area contributed by atoms with Gasteiger partial charge in [0.15, 0.2) is 0 Å². The van der Waals surface area contributed by atoms with Crippen molar-refractivity contribution < 1.29 is 18.4 Å². The summed E-state index contributed by atoms with van der Waals surface area (Å²) in [5.74, 6) is -0.581. The minimum absolute atomic E-state index is 0.118. The number of rotatable bonds is 4. The quantitative estimate of drug-likeness (QED) is 0.375. The number of nitro benzene ring substituents is 1. The van der Waals surface area contributed by atoms with E-state index in [4.69, 9.17) is 11.6 Å². The number of aromatic hydroxyl groups is 1. The van der Waals surface area contributed by atoms with Crippen LogP contribution in [0.1, 0.15) is 0 Å². The van der Waals surface area contributed by atoms with Crippen molar-refractivity contribution in [2.45, 2.75) is 4.90 Å². The zero-order chi connectivity index (χ0) is 15.6. The first-order chi connectivity index (χ1) is 9.79. The smallest absolute Gasteiger partial charge is 0.273 e. The molecule has 0 fully saturated rings. The van der Waals surface area contributed by atoms with Crippen molar-refractivity contribution in [3.8, 4) is 5.75 Å². The molecule has 11 heteroatoms. The first-order valence-electron chi connectivity index (χ1n) is 5.27. The normalized spacial score (nSPS) is 11.1. The molecule has 0 saturated carbocycles. The van der Waals surface area contributed by atoms with Gasteiger partial charge in [-0.2, -0.15) is 0 Å². The molecule has 1 heterocycles. The third-order valence-electron chi connectivity index (χ3n) is 2.34. The fourth-order valence-corrected chi connectivity index (χ4v) is 2.42. The van der Waals surface area contributed by atoms with Crippen molar-refractivity contribution in [1.82, 2.24) is 9.97 Å². The van der Waals surface area contributed by atoms with Crippen LogP contribution in [0.4, 0.5) is 11.4 Å². The molecule has 0 aliphatic rings. The Morgan fingerprint density at radius 1 is 1.29 bits per heavy atom. The number of nitro groups is 1. The molecule has 0 bridgehead atoms. The summed E-state index contributed by atoms with van der Waals surface area (Å²) < 4.78 is 26.1. The number of anilines is 1. The summed E-state index contributed by atoms with van der Waals surface area (Å²) >= 11 is 5.45. The lowest BCUT2D eigenvalue weighted by atomic mass is 10.3.